The van der Waals surface area contributed by atoms with E-state index in [0.717, 1.165) is 46.0 Å². The number of anilines is 2. The third-order valence-corrected chi connectivity index (χ3v) is 10.6. The van der Waals surface area contributed by atoms with Gasteiger partial charge in [0.25, 0.3) is 0 Å². The molecule has 0 spiro atoms. The summed E-state index contributed by atoms with van der Waals surface area (Å²) in [5, 5.41) is 10.1. The third-order valence-electron chi connectivity index (χ3n) is 6.78. The van der Waals surface area contributed by atoms with Crippen LogP contribution >= 0.6 is 23.5 Å². The molecule has 4 rings (SSSR count). The monoisotopic (exact) mass is 800 g/mol. The summed E-state index contributed by atoms with van der Waals surface area (Å²) in [6, 6.07) is 9.05. The molecule has 2 aromatic rings. The van der Waals surface area contributed by atoms with Crippen molar-refractivity contribution in [3.63, 3.8) is 0 Å². The minimum atomic E-state index is -4.33. The van der Waals surface area contributed by atoms with Gasteiger partial charge in [0.1, 0.15) is 20.2 Å². The largest absolute Gasteiger partial charge is 0.744 e. The number of thioether (sulfide) groups is 2. The number of carbonyl (C=O) groups excluding carboxylic acids is 3. The van der Waals surface area contributed by atoms with Crippen LogP contribution in [-0.2, 0) is 48.8 Å². The second-order valence-corrected chi connectivity index (χ2v) is 14.9. The van der Waals surface area contributed by atoms with Gasteiger partial charge in [0, 0.05) is 22.9 Å². The van der Waals surface area contributed by atoms with Crippen molar-refractivity contribution in [2.75, 3.05) is 54.5 Å². The number of hydrogen-bond acceptors (Lipinski definition) is 17. The van der Waals surface area contributed by atoms with Gasteiger partial charge in [-0.1, -0.05) is 0 Å². The number of ether oxygens (including phenoxy) is 3. The van der Waals surface area contributed by atoms with Crippen LogP contribution < -0.4 is 22.1 Å². The molecule has 17 nitrogen and oxygen atoms in total. The molecule has 290 valence electrons. The van der Waals surface area contributed by atoms with Gasteiger partial charge in [0.2, 0.25) is 0 Å². The van der Waals surface area contributed by atoms with Crippen molar-refractivity contribution in [1.29, 1.82) is 0 Å². The van der Waals surface area contributed by atoms with Crippen molar-refractivity contribution in [2.24, 2.45) is 0 Å². The Morgan fingerprint density at radius 2 is 1.06 bits per heavy atom. The molecule has 21 heteroatoms. The Labute approximate surface area is 307 Å². The van der Waals surface area contributed by atoms with Gasteiger partial charge in [-0.25, -0.2) is 21.6 Å². The van der Waals surface area contributed by atoms with Crippen molar-refractivity contribution < 1.29 is 59.6 Å². The van der Waals surface area contributed by atoms with Gasteiger partial charge in [0.05, 0.1) is 65.6 Å². The van der Waals surface area contributed by atoms with Crippen molar-refractivity contribution in [3.8, 4) is 0 Å². The predicted molar refractivity (Wildman–Crippen MR) is 192 cm³/mol. The molecule has 2 aromatic carbocycles. The van der Waals surface area contributed by atoms with Crippen LogP contribution in [0.2, 0.25) is 0 Å². The number of hydrogen-bond donors (Lipinski definition) is 3. The molecule has 0 aromatic heterocycles. The summed E-state index contributed by atoms with van der Waals surface area (Å²) in [5.74, 6) is -0.997. The number of fused-ring (bicyclic) bond motifs is 2. The van der Waals surface area contributed by atoms with Gasteiger partial charge in [-0.15, -0.1) is 23.5 Å². The van der Waals surface area contributed by atoms with Crippen molar-refractivity contribution in [2.45, 2.75) is 72.6 Å². The Morgan fingerprint density at radius 3 is 1.35 bits per heavy atom. The average Bonchev–Trinajstić information content (AvgIpc) is 3.64. The van der Waals surface area contributed by atoms with Crippen LogP contribution in [0.4, 0.5) is 11.4 Å². The summed E-state index contributed by atoms with van der Waals surface area (Å²) in [6.07, 6.45) is -1.31. The van der Waals surface area contributed by atoms with Gasteiger partial charge >= 0.3 is 17.9 Å². The highest BCUT2D eigenvalue weighted by atomic mass is 32.2. The lowest BCUT2D eigenvalue weighted by atomic mass is 9.95. The fraction of sp³-hybridized carbons (Fsp3) is 0.500. The molecular weight excluding hydrogens is 753 g/mol. The summed E-state index contributed by atoms with van der Waals surface area (Å²) in [4.78, 5) is 40.1. The summed E-state index contributed by atoms with van der Waals surface area (Å²) < 4.78 is 78.8. The lowest BCUT2D eigenvalue weighted by Gasteiger charge is -2.23. The first-order valence-corrected chi connectivity index (χ1v) is 19.9. The Bertz CT molecular complexity index is 1580. The second-order valence-electron chi connectivity index (χ2n) is 10.1. The Hall–Kier alpha value is -3.15. The zero-order valence-electron chi connectivity index (χ0n) is 29.7. The molecule has 0 atom stereocenters. The fourth-order valence-corrected chi connectivity index (χ4v) is 7.87. The molecule has 0 bridgehead atoms. The van der Waals surface area contributed by atoms with E-state index in [4.69, 9.17) is 0 Å². The first-order chi connectivity index (χ1) is 22.9. The quantitative estimate of drug-likeness (QED) is 0.156. The van der Waals surface area contributed by atoms with E-state index in [9.17, 15) is 45.4 Å². The number of rotatable bonds is 12. The van der Waals surface area contributed by atoms with E-state index in [2.05, 4.69) is 24.0 Å². The maximum Gasteiger partial charge on any atom is 0.339 e. The van der Waals surface area contributed by atoms with Crippen molar-refractivity contribution in [3.05, 3.63) is 36.4 Å². The Kier molecular flexibility index (Phi) is 20.1. The van der Waals surface area contributed by atoms with Gasteiger partial charge < -0.3 is 50.5 Å². The number of carbonyl (C=O) groups is 3. The molecule has 0 saturated heterocycles. The van der Waals surface area contributed by atoms with Crippen LogP contribution in [0.3, 0.4) is 0 Å². The van der Waals surface area contributed by atoms with Crippen LogP contribution in [0.5, 0.6) is 0 Å². The molecule has 0 unspecified atom stereocenters. The van der Waals surface area contributed by atoms with E-state index in [-0.39, 0.29) is 41.9 Å². The molecule has 0 radical (unpaired) electrons. The molecule has 9 N–H and O–H groups in total. The highest BCUT2D eigenvalue weighted by molar-refractivity contribution is 8.00. The maximum atomic E-state index is 11.7. The summed E-state index contributed by atoms with van der Waals surface area (Å²) >= 11 is 3.11. The Balaban J connectivity index is 0.000000726. The van der Waals surface area contributed by atoms with E-state index >= 15 is 0 Å². The summed E-state index contributed by atoms with van der Waals surface area (Å²) in [6.45, 7) is 10.8. The van der Waals surface area contributed by atoms with Crippen LogP contribution in [0, 0.1) is 0 Å². The van der Waals surface area contributed by atoms with Gasteiger partial charge in [-0.2, -0.15) is 0 Å². The molecule has 2 heterocycles. The maximum absolute atomic E-state index is 11.7. The number of nitrogens with zero attached hydrogens (tertiary/aromatic N) is 2. The summed E-state index contributed by atoms with van der Waals surface area (Å²) in [7, 11) is -8.66. The number of benzene rings is 2. The standard InChI is InChI=1S/C12H20O7.2C9H11NO3S2.2H3N/c1-4-17-9(13)7-12(16,11(15)19-6-3)8-10(14)18-5-2;2*1-2-10-6-14-9-5-7(15(11,12)13)3-4-8(9)10;;/h16H,4-8H2,1-3H3;2*3-5H,2,6H2,1H3,(H,11,12,13);2*1H3. The zero-order valence-corrected chi connectivity index (χ0v) is 33.0. The van der Waals surface area contributed by atoms with E-state index in [1.807, 2.05) is 13.8 Å². The molecule has 2 aliphatic rings. The molecule has 0 aliphatic carbocycles. The van der Waals surface area contributed by atoms with Crippen LogP contribution in [0.1, 0.15) is 47.5 Å². The fourth-order valence-electron chi connectivity index (χ4n) is 4.38. The lowest BCUT2D eigenvalue weighted by Crippen LogP contribution is -2.44. The molecule has 0 saturated carbocycles. The van der Waals surface area contributed by atoms with E-state index in [0.29, 0.717) is 0 Å². The van der Waals surface area contributed by atoms with E-state index < -0.39 is 56.6 Å². The molecule has 0 amide bonds. The van der Waals surface area contributed by atoms with Crippen molar-refractivity contribution in [1.82, 2.24) is 12.3 Å². The highest BCUT2D eigenvalue weighted by Crippen LogP contribution is 2.40. The lowest BCUT2D eigenvalue weighted by molar-refractivity contribution is -0.177. The Morgan fingerprint density at radius 1 is 0.706 bits per heavy atom. The minimum absolute atomic E-state index is 0. The predicted octanol–water partition coefficient (Wildman–Crippen LogP) is 3.90. The van der Waals surface area contributed by atoms with E-state index in [1.165, 1.54) is 24.3 Å². The molecule has 0 fully saturated rings. The van der Waals surface area contributed by atoms with Crippen LogP contribution in [-0.4, -0.2) is 99.2 Å². The highest BCUT2D eigenvalue weighted by Gasteiger charge is 2.43. The first kappa shape index (κ1) is 47.8. The SMILES string of the molecule is CCN1CSc2cc(S(=O)(=O)[O-])ccc21.CCN1CSc2cc(S(=O)(=O)[O-])ccc21.CCOC(=O)CC(O)(CC(=O)OCC)C(=O)OCC.[NH4+].[NH4+]. The van der Waals surface area contributed by atoms with Crippen molar-refractivity contribution >= 4 is 73.0 Å². The van der Waals surface area contributed by atoms with Crippen LogP contribution in [0.25, 0.3) is 0 Å². The third kappa shape index (κ3) is 14.1. The van der Waals surface area contributed by atoms with Gasteiger partial charge in [-0.05, 0) is 71.0 Å². The second kappa shape index (κ2) is 21.4. The minimum Gasteiger partial charge on any atom is -0.744 e. The van der Waals surface area contributed by atoms with Crippen LogP contribution in [0.15, 0.2) is 56.0 Å². The smallest absolute Gasteiger partial charge is 0.339 e. The van der Waals surface area contributed by atoms with E-state index in [1.54, 1.807) is 56.4 Å². The molecule has 51 heavy (non-hydrogen) atoms. The molecule has 2 aliphatic heterocycles. The number of esters is 3. The van der Waals surface area contributed by atoms with Gasteiger partial charge in [-0.3, -0.25) is 9.59 Å². The van der Waals surface area contributed by atoms with Gasteiger partial charge in [0.15, 0.2) is 5.60 Å². The average molecular weight is 801 g/mol. The summed E-state index contributed by atoms with van der Waals surface area (Å²) in [5.41, 5.74) is -0.237. The first-order valence-electron chi connectivity index (χ1n) is 15.1. The zero-order chi connectivity index (χ0) is 37.0. The topological polar surface area (TPSA) is 293 Å². The molecular formula is C30H48N4O13S4. The number of aliphatic hydroxyl groups is 1. The normalized spacial score (nSPS) is 13.1. The number of quaternary nitrogens is 2.